The third kappa shape index (κ3) is 3.64. The van der Waals surface area contributed by atoms with Gasteiger partial charge in [0, 0.05) is 6.20 Å². The van der Waals surface area contributed by atoms with Crippen molar-refractivity contribution in [1.29, 1.82) is 0 Å². The van der Waals surface area contributed by atoms with Gasteiger partial charge in [0.2, 0.25) is 5.13 Å². The van der Waals surface area contributed by atoms with E-state index in [2.05, 4.69) is 20.5 Å². The first-order chi connectivity index (χ1) is 10.8. The van der Waals surface area contributed by atoms with Crippen LogP contribution >= 0.6 is 11.3 Å². The molecule has 1 amide bonds. The molecule has 0 saturated carbocycles. The minimum absolute atomic E-state index is 0.307. The van der Waals surface area contributed by atoms with Crippen molar-refractivity contribution < 1.29 is 9.53 Å². The van der Waals surface area contributed by atoms with Crippen LogP contribution in [0.2, 0.25) is 0 Å². The van der Waals surface area contributed by atoms with Gasteiger partial charge in [-0.25, -0.2) is 0 Å². The van der Waals surface area contributed by atoms with Crippen molar-refractivity contribution in [3.63, 3.8) is 0 Å². The third-order valence-electron chi connectivity index (χ3n) is 2.69. The van der Waals surface area contributed by atoms with Crippen LogP contribution in [0.15, 0.2) is 54.7 Å². The van der Waals surface area contributed by atoms with Crippen molar-refractivity contribution in [3.8, 4) is 5.75 Å². The number of hydrogen-bond acceptors (Lipinski definition) is 6. The van der Waals surface area contributed by atoms with E-state index in [0.717, 1.165) is 5.75 Å². The molecule has 2 heterocycles. The molecule has 2 aromatic heterocycles. The molecule has 0 radical (unpaired) electrons. The van der Waals surface area contributed by atoms with Crippen LogP contribution < -0.4 is 10.1 Å². The maximum absolute atomic E-state index is 11.9. The third-order valence-corrected chi connectivity index (χ3v) is 3.50. The van der Waals surface area contributed by atoms with Crippen LogP contribution in [0.1, 0.15) is 15.5 Å². The van der Waals surface area contributed by atoms with Crippen molar-refractivity contribution in [3.05, 3.63) is 65.4 Å². The summed E-state index contributed by atoms with van der Waals surface area (Å²) in [6, 6.07) is 14.6. The molecule has 22 heavy (non-hydrogen) atoms. The fourth-order valence-corrected chi connectivity index (χ4v) is 2.33. The summed E-state index contributed by atoms with van der Waals surface area (Å²) in [5.74, 6) is 0.448. The summed E-state index contributed by atoms with van der Waals surface area (Å²) in [6.07, 6.45) is 1.56. The molecular formula is C15H12N4O2S. The summed E-state index contributed by atoms with van der Waals surface area (Å²) in [5.41, 5.74) is 0.333. The summed E-state index contributed by atoms with van der Waals surface area (Å²) in [4.78, 5) is 15.9. The minimum Gasteiger partial charge on any atom is -0.486 e. The van der Waals surface area contributed by atoms with Crippen LogP contribution in [0.4, 0.5) is 5.13 Å². The number of aromatic nitrogens is 3. The second kappa shape index (κ2) is 6.77. The van der Waals surface area contributed by atoms with Gasteiger partial charge in [-0.05, 0) is 24.3 Å². The molecule has 0 fully saturated rings. The van der Waals surface area contributed by atoms with Crippen molar-refractivity contribution in [2.24, 2.45) is 0 Å². The molecule has 0 aliphatic rings. The fraction of sp³-hybridized carbons (Fsp3) is 0.0667. The number of para-hydroxylation sites is 1. The molecule has 1 N–H and O–H groups in total. The van der Waals surface area contributed by atoms with Crippen molar-refractivity contribution in [2.45, 2.75) is 6.61 Å². The molecule has 0 bridgehead atoms. The number of benzene rings is 1. The van der Waals surface area contributed by atoms with E-state index >= 15 is 0 Å². The number of anilines is 1. The minimum atomic E-state index is -0.313. The van der Waals surface area contributed by atoms with Crippen molar-refractivity contribution in [2.75, 3.05) is 5.32 Å². The standard InChI is InChI=1S/C15H12N4O2S/c20-14(12-8-4-5-9-16-12)17-15-19-18-13(22-15)10-21-11-6-2-1-3-7-11/h1-9H,10H2,(H,17,19,20). The SMILES string of the molecule is O=C(Nc1nnc(COc2ccccc2)s1)c1ccccn1. The van der Waals surface area contributed by atoms with Crippen LogP contribution in [0, 0.1) is 0 Å². The van der Waals surface area contributed by atoms with Gasteiger partial charge in [-0.3, -0.25) is 15.1 Å². The largest absolute Gasteiger partial charge is 0.486 e. The zero-order valence-electron chi connectivity index (χ0n) is 11.5. The van der Waals surface area contributed by atoms with Gasteiger partial charge in [0.15, 0.2) is 5.01 Å². The van der Waals surface area contributed by atoms with E-state index in [1.807, 2.05) is 30.3 Å². The first-order valence-corrected chi connectivity index (χ1v) is 7.35. The summed E-state index contributed by atoms with van der Waals surface area (Å²) in [7, 11) is 0. The zero-order valence-corrected chi connectivity index (χ0v) is 12.3. The smallest absolute Gasteiger partial charge is 0.276 e. The number of nitrogens with zero attached hydrogens (tertiary/aromatic N) is 3. The van der Waals surface area contributed by atoms with Crippen molar-refractivity contribution in [1.82, 2.24) is 15.2 Å². The van der Waals surface area contributed by atoms with Crippen LogP contribution in [0.25, 0.3) is 0 Å². The molecule has 0 aliphatic carbocycles. The highest BCUT2D eigenvalue weighted by atomic mass is 32.1. The number of carbonyl (C=O) groups excluding carboxylic acids is 1. The monoisotopic (exact) mass is 312 g/mol. The fourth-order valence-electron chi connectivity index (χ4n) is 1.68. The summed E-state index contributed by atoms with van der Waals surface area (Å²) < 4.78 is 5.58. The molecule has 0 unspecified atom stereocenters. The van der Waals surface area contributed by atoms with Gasteiger partial charge in [0.05, 0.1) is 0 Å². The Morgan fingerprint density at radius 1 is 1.09 bits per heavy atom. The normalized spacial score (nSPS) is 10.2. The highest BCUT2D eigenvalue weighted by Crippen LogP contribution is 2.18. The molecular weight excluding hydrogens is 300 g/mol. The molecule has 0 aliphatic heterocycles. The number of carbonyl (C=O) groups is 1. The van der Waals surface area contributed by atoms with E-state index in [-0.39, 0.29) is 5.91 Å². The van der Waals surface area contributed by atoms with Crippen LogP contribution in [-0.2, 0) is 6.61 Å². The van der Waals surface area contributed by atoms with Gasteiger partial charge < -0.3 is 4.74 Å². The zero-order chi connectivity index (χ0) is 15.2. The van der Waals surface area contributed by atoms with Crippen LogP contribution in [0.5, 0.6) is 5.75 Å². The molecule has 0 spiro atoms. The Labute approximate surface area is 130 Å². The molecule has 0 saturated heterocycles. The molecule has 1 aromatic carbocycles. The van der Waals surface area contributed by atoms with E-state index in [1.165, 1.54) is 11.3 Å². The van der Waals surface area contributed by atoms with Crippen LogP contribution in [0.3, 0.4) is 0 Å². The van der Waals surface area contributed by atoms with Gasteiger partial charge in [-0.2, -0.15) is 0 Å². The van der Waals surface area contributed by atoms with Gasteiger partial charge >= 0.3 is 0 Å². The lowest BCUT2D eigenvalue weighted by Crippen LogP contribution is -2.13. The Hall–Kier alpha value is -2.80. The van der Waals surface area contributed by atoms with E-state index in [0.29, 0.717) is 22.4 Å². The summed E-state index contributed by atoms with van der Waals surface area (Å²) in [6.45, 7) is 0.307. The Balaban J connectivity index is 1.58. The maximum Gasteiger partial charge on any atom is 0.276 e. The van der Waals surface area contributed by atoms with Gasteiger partial charge in [0.25, 0.3) is 5.91 Å². The molecule has 110 valence electrons. The second-order valence-electron chi connectivity index (χ2n) is 4.27. The lowest BCUT2D eigenvalue weighted by atomic mass is 10.3. The Morgan fingerprint density at radius 2 is 1.91 bits per heavy atom. The van der Waals surface area contributed by atoms with Gasteiger partial charge in [-0.15, -0.1) is 10.2 Å². The molecule has 3 aromatic rings. The Kier molecular flexibility index (Phi) is 4.35. The average Bonchev–Trinajstić information content (AvgIpc) is 3.02. The van der Waals surface area contributed by atoms with Crippen molar-refractivity contribution >= 4 is 22.4 Å². The quantitative estimate of drug-likeness (QED) is 0.784. The highest BCUT2D eigenvalue weighted by Gasteiger charge is 2.11. The number of nitrogens with one attached hydrogen (secondary N) is 1. The molecule has 3 rings (SSSR count). The Morgan fingerprint density at radius 3 is 2.68 bits per heavy atom. The number of amides is 1. The van der Waals surface area contributed by atoms with E-state index < -0.39 is 0 Å². The van der Waals surface area contributed by atoms with E-state index in [1.54, 1.807) is 24.4 Å². The second-order valence-corrected chi connectivity index (χ2v) is 5.33. The first-order valence-electron chi connectivity index (χ1n) is 6.54. The predicted octanol–water partition coefficient (Wildman–Crippen LogP) is 2.76. The van der Waals surface area contributed by atoms with E-state index in [9.17, 15) is 4.79 Å². The van der Waals surface area contributed by atoms with E-state index in [4.69, 9.17) is 4.74 Å². The average molecular weight is 312 g/mol. The number of pyridine rings is 1. The van der Waals surface area contributed by atoms with Gasteiger partial charge in [-0.1, -0.05) is 35.6 Å². The Bertz CT molecular complexity index is 747. The van der Waals surface area contributed by atoms with Gasteiger partial charge in [0.1, 0.15) is 18.1 Å². The molecule has 6 nitrogen and oxygen atoms in total. The maximum atomic E-state index is 11.9. The lowest BCUT2D eigenvalue weighted by Gasteiger charge is -2.02. The first kappa shape index (κ1) is 14.2. The number of ether oxygens (including phenoxy) is 1. The predicted molar refractivity (Wildman–Crippen MR) is 82.9 cm³/mol. The summed E-state index contributed by atoms with van der Waals surface area (Å²) >= 11 is 1.27. The lowest BCUT2D eigenvalue weighted by molar-refractivity contribution is 0.102. The number of hydrogen-bond donors (Lipinski definition) is 1. The summed E-state index contributed by atoms with van der Waals surface area (Å²) in [5, 5.41) is 11.7. The topological polar surface area (TPSA) is 77.0 Å². The molecule has 0 atom stereocenters. The molecule has 7 heteroatoms. The number of rotatable bonds is 5. The highest BCUT2D eigenvalue weighted by molar-refractivity contribution is 7.15. The van der Waals surface area contributed by atoms with Crippen LogP contribution in [-0.4, -0.2) is 21.1 Å².